The summed E-state index contributed by atoms with van der Waals surface area (Å²) >= 11 is 1.68. The van der Waals surface area contributed by atoms with Gasteiger partial charge in [-0.3, -0.25) is 9.59 Å². The topological polar surface area (TPSA) is 59.3 Å². The Morgan fingerprint density at radius 2 is 1.96 bits per heavy atom. The lowest BCUT2D eigenvalue weighted by atomic mass is 9.94. The third kappa shape index (κ3) is 3.13. The van der Waals surface area contributed by atoms with Crippen LogP contribution in [0.25, 0.3) is 0 Å². The molecule has 1 amide bonds. The normalized spacial score (nSPS) is 15.0. The third-order valence-electron chi connectivity index (χ3n) is 4.48. The van der Waals surface area contributed by atoms with Crippen LogP contribution in [-0.4, -0.2) is 17.9 Å². The Labute approximate surface area is 146 Å². The average molecular weight is 343 g/mol. The molecular formula is C19H21NO3S. The zero-order valence-electron chi connectivity index (χ0n) is 14.1. The largest absolute Gasteiger partial charge is 0.455 e. The summed E-state index contributed by atoms with van der Waals surface area (Å²) in [6.45, 7) is 3.73. The number of benzene rings is 1. The molecule has 0 unspecified atom stereocenters. The van der Waals surface area contributed by atoms with Crippen LogP contribution in [0.4, 0.5) is 0 Å². The van der Waals surface area contributed by atoms with Crippen molar-refractivity contribution in [3.8, 4) is 0 Å². The van der Waals surface area contributed by atoms with Crippen molar-refractivity contribution in [3.05, 3.63) is 52.5 Å². The van der Waals surface area contributed by atoms with E-state index in [9.17, 15) is 9.59 Å². The van der Waals surface area contributed by atoms with Gasteiger partial charge in [-0.15, -0.1) is 11.8 Å². The second kappa shape index (κ2) is 6.85. The average Bonchev–Trinajstić information content (AvgIpc) is 2.93. The number of nitrogens with one attached hydrogen (secondary N) is 1. The zero-order valence-corrected chi connectivity index (χ0v) is 15.0. The van der Waals surface area contributed by atoms with Crippen LogP contribution in [0.15, 0.2) is 33.6 Å². The maximum absolute atomic E-state index is 12.6. The van der Waals surface area contributed by atoms with Gasteiger partial charge in [0.1, 0.15) is 5.76 Å². The Kier molecular flexibility index (Phi) is 4.81. The number of aryl methyl sites for hydroxylation is 1. The van der Waals surface area contributed by atoms with Crippen LogP contribution >= 0.6 is 11.8 Å². The van der Waals surface area contributed by atoms with Gasteiger partial charge < -0.3 is 9.73 Å². The van der Waals surface area contributed by atoms with Gasteiger partial charge in [-0.25, -0.2) is 0 Å². The van der Waals surface area contributed by atoms with E-state index in [1.165, 1.54) is 4.90 Å². The van der Waals surface area contributed by atoms with Gasteiger partial charge in [0.2, 0.25) is 0 Å². The molecule has 0 bridgehead atoms. The van der Waals surface area contributed by atoms with Crippen molar-refractivity contribution in [2.45, 2.75) is 44.0 Å². The number of hydrogen-bond acceptors (Lipinski definition) is 4. The number of hydrogen-bond donors (Lipinski definition) is 1. The molecule has 3 rings (SSSR count). The fraction of sp³-hybridized carbons (Fsp3) is 0.368. The molecule has 2 aromatic rings. The molecule has 1 aromatic heterocycles. The SMILES string of the molecule is CSc1ccc([C@H](C)NC(=O)c2oc3c(c2C)C(=O)CCC3)cc1. The molecule has 1 aromatic carbocycles. The van der Waals surface area contributed by atoms with Gasteiger partial charge in [-0.1, -0.05) is 12.1 Å². The van der Waals surface area contributed by atoms with E-state index in [-0.39, 0.29) is 23.5 Å². The van der Waals surface area contributed by atoms with Crippen LogP contribution < -0.4 is 5.32 Å². The molecule has 4 nitrogen and oxygen atoms in total. The van der Waals surface area contributed by atoms with E-state index < -0.39 is 0 Å². The zero-order chi connectivity index (χ0) is 17.3. The molecule has 1 aliphatic carbocycles. The van der Waals surface area contributed by atoms with Gasteiger partial charge in [0.05, 0.1) is 11.6 Å². The van der Waals surface area contributed by atoms with Crippen LogP contribution in [0.2, 0.25) is 0 Å². The monoisotopic (exact) mass is 343 g/mol. The summed E-state index contributed by atoms with van der Waals surface area (Å²) in [4.78, 5) is 25.8. The van der Waals surface area contributed by atoms with Crippen molar-refractivity contribution in [3.63, 3.8) is 0 Å². The van der Waals surface area contributed by atoms with Crippen molar-refractivity contribution in [2.75, 3.05) is 6.26 Å². The predicted octanol–water partition coefficient (Wildman–Crippen LogP) is 4.32. The van der Waals surface area contributed by atoms with Gasteiger partial charge in [0.25, 0.3) is 5.91 Å². The number of carbonyl (C=O) groups is 2. The maximum Gasteiger partial charge on any atom is 0.287 e. The molecule has 24 heavy (non-hydrogen) atoms. The number of furan rings is 1. The Morgan fingerprint density at radius 1 is 1.25 bits per heavy atom. The minimum absolute atomic E-state index is 0.0808. The maximum atomic E-state index is 12.6. The van der Waals surface area contributed by atoms with Crippen molar-refractivity contribution in [1.29, 1.82) is 0 Å². The number of Topliss-reactive ketones (excluding diaryl/α,β-unsaturated/α-hetero) is 1. The van der Waals surface area contributed by atoms with Crippen molar-refractivity contribution in [1.82, 2.24) is 5.32 Å². The van der Waals surface area contributed by atoms with E-state index >= 15 is 0 Å². The summed E-state index contributed by atoms with van der Waals surface area (Å²) in [6, 6.07) is 7.97. The molecule has 0 saturated heterocycles. The molecule has 0 spiro atoms. The molecule has 0 radical (unpaired) electrons. The van der Waals surface area contributed by atoms with Gasteiger partial charge in [0.15, 0.2) is 11.5 Å². The summed E-state index contributed by atoms with van der Waals surface area (Å²) in [5, 5.41) is 2.96. The molecule has 1 heterocycles. The predicted molar refractivity (Wildman–Crippen MR) is 94.8 cm³/mol. The Bertz CT molecular complexity index is 777. The van der Waals surface area contributed by atoms with E-state index in [2.05, 4.69) is 5.32 Å². The number of fused-ring (bicyclic) bond motifs is 1. The van der Waals surface area contributed by atoms with Crippen LogP contribution in [0.5, 0.6) is 0 Å². The molecule has 126 valence electrons. The number of rotatable bonds is 4. The minimum Gasteiger partial charge on any atom is -0.455 e. The lowest BCUT2D eigenvalue weighted by Gasteiger charge is -2.14. The van der Waals surface area contributed by atoms with Gasteiger partial charge in [-0.2, -0.15) is 0 Å². The van der Waals surface area contributed by atoms with E-state index in [4.69, 9.17) is 4.42 Å². The van der Waals surface area contributed by atoms with Crippen molar-refractivity contribution >= 4 is 23.5 Å². The number of amides is 1. The Balaban J connectivity index is 1.78. The number of ketones is 1. The lowest BCUT2D eigenvalue weighted by Crippen LogP contribution is -2.26. The van der Waals surface area contributed by atoms with Gasteiger partial charge in [0, 0.05) is 23.3 Å². The number of carbonyl (C=O) groups excluding carboxylic acids is 2. The second-order valence-electron chi connectivity index (χ2n) is 6.10. The molecule has 5 heteroatoms. The Morgan fingerprint density at radius 3 is 2.58 bits per heavy atom. The standard InChI is InChI=1S/C19H21NO3S/c1-11-17-15(21)5-4-6-16(17)23-18(11)19(22)20-12(2)13-7-9-14(24-3)10-8-13/h7-10,12H,4-6H2,1-3H3,(H,20,22)/t12-/m0/s1. The molecule has 0 fully saturated rings. The van der Waals surface area contributed by atoms with E-state index in [0.29, 0.717) is 23.3 Å². The van der Waals surface area contributed by atoms with E-state index in [0.717, 1.165) is 18.4 Å². The summed E-state index contributed by atoms with van der Waals surface area (Å²) < 4.78 is 5.71. The molecule has 0 saturated carbocycles. The Hall–Kier alpha value is -2.01. The van der Waals surface area contributed by atoms with Gasteiger partial charge in [-0.05, 0) is 44.2 Å². The first-order valence-corrected chi connectivity index (χ1v) is 9.34. The van der Waals surface area contributed by atoms with Crippen molar-refractivity contribution < 1.29 is 14.0 Å². The summed E-state index contributed by atoms with van der Waals surface area (Å²) in [5.41, 5.74) is 2.31. The highest BCUT2D eigenvalue weighted by atomic mass is 32.2. The first-order chi connectivity index (χ1) is 11.5. The van der Waals surface area contributed by atoms with Gasteiger partial charge >= 0.3 is 0 Å². The lowest BCUT2D eigenvalue weighted by molar-refractivity contribution is 0.0906. The highest BCUT2D eigenvalue weighted by Gasteiger charge is 2.29. The van der Waals surface area contributed by atoms with E-state index in [1.54, 1.807) is 18.7 Å². The fourth-order valence-electron chi connectivity index (χ4n) is 3.10. The van der Waals surface area contributed by atoms with E-state index in [1.807, 2.05) is 37.4 Å². The second-order valence-corrected chi connectivity index (χ2v) is 6.98. The first-order valence-electron chi connectivity index (χ1n) is 8.11. The molecule has 0 aliphatic heterocycles. The minimum atomic E-state index is -0.267. The number of thioether (sulfide) groups is 1. The first kappa shape index (κ1) is 16.8. The van der Waals surface area contributed by atoms with Crippen LogP contribution in [0.3, 0.4) is 0 Å². The smallest absolute Gasteiger partial charge is 0.287 e. The molecule has 1 aliphatic rings. The fourth-order valence-corrected chi connectivity index (χ4v) is 3.51. The summed E-state index contributed by atoms with van der Waals surface area (Å²) in [5.74, 6) is 0.738. The highest BCUT2D eigenvalue weighted by molar-refractivity contribution is 7.98. The molecular weight excluding hydrogens is 322 g/mol. The third-order valence-corrected chi connectivity index (χ3v) is 5.22. The molecule has 1 atom stereocenters. The molecule has 1 N–H and O–H groups in total. The van der Waals surface area contributed by atoms with Crippen LogP contribution in [-0.2, 0) is 6.42 Å². The van der Waals surface area contributed by atoms with Crippen molar-refractivity contribution in [2.24, 2.45) is 0 Å². The van der Waals surface area contributed by atoms with Crippen LogP contribution in [0.1, 0.15) is 63.6 Å². The highest BCUT2D eigenvalue weighted by Crippen LogP contribution is 2.29. The quantitative estimate of drug-likeness (QED) is 0.840. The van der Waals surface area contributed by atoms with Crippen LogP contribution in [0, 0.1) is 6.92 Å². The summed E-state index contributed by atoms with van der Waals surface area (Å²) in [7, 11) is 0. The summed E-state index contributed by atoms with van der Waals surface area (Å²) in [6.07, 6.45) is 4.08.